The zero-order chi connectivity index (χ0) is 4.12. The molecule has 0 radical (unpaired) electrons. The summed E-state index contributed by atoms with van der Waals surface area (Å²) in [6.07, 6.45) is 1.71. The van der Waals surface area contributed by atoms with Crippen LogP contribution in [0.3, 0.4) is 0 Å². The van der Waals surface area contributed by atoms with E-state index in [-0.39, 0.29) is 0 Å². The number of hydrogen-bond donors (Lipinski definition) is 1. The Kier molecular flexibility index (Phi) is 3.63. The van der Waals surface area contributed by atoms with Crippen molar-refractivity contribution in [2.24, 2.45) is 0 Å². The van der Waals surface area contributed by atoms with Crippen LogP contribution in [0.1, 0.15) is 6.92 Å². The van der Waals surface area contributed by atoms with Crippen LogP contribution < -0.4 is 0 Å². The molecule has 0 aliphatic heterocycles. The molecule has 0 spiro atoms. The summed E-state index contributed by atoms with van der Waals surface area (Å²) >= 11 is 0. The zero-order valence-corrected chi connectivity index (χ0v) is 3.14. The van der Waals surface area contributed by atoms with E-state index in [0.29, 0.717) is 6.61 Å². The molecule has 0 saturated carbocycles. The Balaban J connectivity index is 2.19. The second-order valence-corrected chi connectivity index (χ2v) is 0.704. The van der Waals surface area contributed by atoms with Crippen molar-refractivity contribution in [3.05, 3.63) is 6.42 Å². The van der Waals surface area contributed by atoms with Crippen LogP contribution in [0.4, 0.5) is 0 Å². The molecule has 0 saturated heterocycles. The van der Waals surface area contributed by atoms with Crippen molar-refractivity contribution in [1.29, 1.82) is 0 Å². The third-order valence-electron chi connectivity index (χ3n) is 0.241. The summed E-state index contributed by atoms with van der Waals surface area (Å²) in [6.45, 7) is 2.12. The fourth-order valence-electron chi connectivity index (χ4n) is 0.0745. The van der Waals surface area contributed by atoms with Crippen LogP contribution in [0.2, 0.25) is 0 Å². The largest absolute Gasteiger partial charge is 0.247 e. The van der Waals surface area contributed by atoms with Crippen LogP contribution in [0.25, 0.3) is 0 Å². The highest BCUT2D eigenvalue weighted by Gasteiger charge is 1.79. The highest BCUT2D eigenvalue weighted by Crippen LogP contribution is 1.68. The SMILES string of the molecule is C[CH+]COO. The third-order valence-corrected chi connectivity index (χ3v) is 0.241. The first-order chi connectivity index (χ1) is 2.41. The number of rotatable bonds is 2. The molecule has 0 bridgehead atoms. The summed E-state index contributed by atoms with van der Waals surface area (Å²) < 4.78 is 0. The first-order valence-electron chi connectivity index (χ1n) is 1.46. The van der Waals surface area contributed by atoms with Crippen LogP contribution in [-0.4, -0.2) is 11.9 Å². The number of hydrogen-bond acceptors (Lipinski definition) is 2. The quantitative estimate of drug-likeness (QED) is 0.297. The standard InChI is InChI=1S/C3H6O2/c1-2-3-5-4/h2H,3H2,1H3/p+1. The lowest BCUT2D eigenvalue weighted by Crippen LogP contribution is -1.82. The maximum atomic E-state index is 7.54. The van der Waals surface area contributed by atoms with Gasteiger partial charge in [0.05, 0.1) is 6.92 Å². The van der Waals surface area contributed by atoms with Gasteiger partial charge in [-0.25, -0.2) is 5.26 Å². The van der Waals surface area contributed by atoms with Gasteiger partial charge >= 0.3 is 0 Å². The average Bonchev–Trinajstić information content (AvgIpc) is 1.41. The van der Waals surface area contributed by atoms with Crippen molar-refractivity contribution in [3.8, 4) is 0 Å². The first-order valence-corrected chi connectivity index (χ1v) is 1.46. The maximum Gasteiger partial charge on any atom is 0.217 e. The second-order valence-electron chi connectivity index (χ2n) is 0.704. The summed E-state index contributed by atoms with van der Waals surface area (Å²) in [5, 5.41) is 7.54. The van der Waals surface area contributed by atoms with E-state index in [9.17, 15) is 0 Å². The lowest BCUT2D eigenvalue weighted by molar-refractivity contribution is -0.234. The van der Waals surface area contributed by atoms with Gasteiger partial charge in [-0.05, 0) is 0 Å². The van der Waals surface area contributed by atoms with Gasteiger partial charge in [0.25, 0.3) is 0 Å². The summed E-state index contributed by atoms with van der Waals surface area (Å²) in [5.41, 5.74) is 0. The molecule has 0 rings (SSSR count). The molecule has 2 nitrogen and oxygen atoms in total. The highest BCUT2D eigenvalue weighted by molar-refractivity contribution is 4.47. The Morgan fingerprint density at radius 2 is 2.60 bits per heavy atom. The zero-order valence-electron chi connectivity index (χ0n) is 3.14. The van der Waals surface area contributed by atoms with Gasteiger partial charge in [-0.3, -0.25) is 0 Å². The molecule has 0 aliphatic carbocycles. The van der Waals surface area contributed by atoms with Crippen molar-refractivity contribution >= 4 is 0 Å². The van der Waals surface area contributed by atoms with Crippen LogP contribution in [0.5, 0.6) is 0 Å². The van der Waals surface area contributed by atoms with E-state index in [1.807, 2.05) is 0 Å². The van der Waals surface area contributed by atoms with Crippen molar-refractivity contribution in [1.82, 2.24) is 0 Å². The van der Waals surface area contributed by atoms with Gasteiger partial charge in [0.1, 0.15) is 6.42 Å². The lowest BCUT2D eigenvalue weighted by atomic mass is 10.5. The van der Waals surface area contributed by atoms with E-state index in [2.05, 4.69) is 4.89 Å². The minimum atomic E-state index is 0.319. The van der Waals surface area contributed by atoms with Crippen LogP contribution >= 0.6 is 0 Å². The van der Waals surface area contributed by atoms with Gasteiger partial charge in [-0.1, -0.05) is 0 Å². The molecule has 1 N–H and O–H groups in total. The molecule has 0 amide bonds. The van der Waals surface area contributed by atoms with E-state index >= 15 is 0 Å². The Morgan fingerprint density at radius 3 is 2.60 bits per heavy atom. The van der Waals surface area contributed by atoms with Gasteiger partial charge in [-0.2, -0.15) is 4.89 Å². The minimum Gasteiger partial charge on any atom is -0.247 e. The van der Waals surface area contributed by atoms with E-state index in [0.717, 1.165) is 0 Å². The third kappa shape index (κ3) is 3.79. The van der Waals surface area contributed by atoms with Gasteiger partial charge < -0.3 is 0 Å². The molecule has 2 heteroatoms. The lowest BCUT2D eigenvalue weighted by Gasteiger charge is -1.73. The Hall–Kier alpha value is -0.210. The van der Waals surface area contributed by atoms with Crippen LogP contribution in [0.15, 0.2) is 0 Å². The predicted molar refractivity (Wildman–Crippen MR) is 18.6 cm³/mol. The molecule has 0 atom stereocenters. The summed E-state index contributed by atoms with van der Waals surface area (Å²) in [4.78, 5) is 3.64. The summed E-state index contributed by atoms with van der Waals surface area (Å²) in [5.74, 6) is 0. The van der Waals surface area contributed by atoms with Crippen molar-refractivity contribution in [3.63, 3.8) is 0 Å². The molecular weight excluding hydrogens is 68.0 g/mol. The minimum absolute atomic E-state index is 0.319. The monoisotopic (exact) mass is 75.0 g/mol. The summed E-state index contributed by atoms with van der Waals surface area (Å²) in [6, 6.07) is 0. The Morgan fingerprint density at radius 1 is 2.00 bits per heavy atom. The van der Waals surface area contributed by atoms with E-state index in [1.165, 1.54) is 0 Å². The van der Waals surface area contributed by atoms with Crippen molar-refractivity contribution < 1.29 is 10.1 Å². The van der Waals surface area contributed by atoms with Crippen LogP contribution in [-0.2, 0) is 4.89 Å². The van der Waals surface area contributed by atoms with E-state index in [1.54, 1.807) is 13.3 Å². The average molecular weight is 75.1 g/mol. The first kappa shape index (κ1) is 4.79. The van der Waals surface area contributed by atoms with Crippen molar-refractivity contribution in [2.75, 3.05) is 6.61 Å². The van der Waals surface area contributed by atoms with E-state index < -0.39 is 0 Å². The molecule has 0 aliphatic rings. The van der Waals surface area contributed by atoms with Crippen LogP contribution in [0, 0.1) is 6.42 Å². The predicted octanol–water partition coefficient (Wildman–Crippen LogP) is 0.700. The molecule has 0 aromatic rings. The fraction of sp³-hybridized carbons (Fsp3) is 0.667. The molecule has 0 fully saturated rings. The molecule has 5 heavy (non-hydrogen) atoms. The second kappa shape index (κ2) is 3.79. The Labute approximate surface area is 31.3 Å². The van der Waals surface area contributed by atoms with Crippen molar-refractivity contribution in [2.45, 2.75) is 6.92 Å². The molecule has 0 aromatic heterocycles. The van der Waals surface area contributed by atoms with E-state index in [4.69, 9.17) is 5.26 Å². The molecular formula is C3H7O2+. The topological polar surface area (TPSA) is 29.5 Å². The summed E-state index contributed by atoms with van der Waals surface area (Å²) in [7, 11) is 0. The van der Waals surface area contributed by atoms with Gasteiger partial charge in [0, 0.05) is 0 Å². The molecule has 0 aromatic carbocycles. The molecule has 0 unspecified atom stereocenters. The molecule has 0 heterocycles. The van der Waals surface area contributed by atoms with Gasteiger partial charge in [0.2, 0.25) is 6.61 Å². The fourth-order valence-corrected chi connectivity index (χ4v) is 0.0745. The highest BCUT2D eigenvalue weighted by atomic mass is 17.1. The smallest absolute Gasteiger partial charge is 0.217 e. The molecule has 30 valence electrons. The maximum absolute atomic E-state index is 7.54. The van der Waals surface area contributed by atoms with Gasteiger partial charge in [-0.15, -0.1) is 0 Å². The normalized spacial score (nSPS) is 7.60. The van der Waals surface area contributed by atoms with Gasteiger partial charge in [0.15, 0.2) is 0 Å². The Bertz CT molecular complexity index is 12.4.